The van der Waals surface area contributed by atoms with Gasteiger partial charge < -0.3 is 15.0 Å². The van der Waals surface area contributed by atoms with Gasteiger partial charge in [-0.3, -0.25) is 9.78 Å². The van der Waals surface area contributed by atoms with E-state index in [4.69, 9.17) is 0 Å². The Balaban J connectivity index is 1.73. The summed E-state index contributed by atoms with van der Waals surface area (Å²) >= 11 is 0. The highest BCUT2D eigenvalue weighted by Gasteiger charge is 2.19. The zero-order chi connectivity index (χ0) is 20.4. The van der Waals surface area contributed by atoms with Crippen LogP contribution in [-0.2, 0) is 6.54 Å². The van der Waals surface area contributed by atoms with Crippen molar-refractivity contribution in [3.8, 4) is 0 Å². The van der Waals surface area contributed by atoms with Crippen LogP contribution >= 0.6 is 0 Å². The first-order valence-electron chi connectivity index (χ1n) is 9.16. The van der Waals surface area contributed by atoms with E-state index in [1.54, 1.807) is 31.5 Å². The Hall–Kier alpha value is -3.93. The molecule has 0 saturated heterocycles. The zero-order valence-electron chi connectivity index (χ0n) is 15.8. The molecular formula is C23H19N3O3. The summed E-state index contributed by atoms with van der Waals surface area (Å²) in [5.41, 5.74) is 3.34. The summed E-state index contributed by atoms with van der Waals surface area (Å²) in [6, 6.07) is 18.3. The molecule has 0 saturated carbocycles. The predicted octanol–water partition coefficient (Wildman–Crippen LogP) is 4.34. The molecule has 2 aromatic heterocycles. The Morgan fingerprint density at radius 1 is 1.00 bits per heavy atom. The number of nitrogens with one attached hydrogen (secondary N) is 1. The normalized spacial score (nSPS) is 10.8. The Morgan fingerprint density at radius 2 is 1.79 bits per heavy atom. The van der Waals surface area contributed by atoms with Crippen molar-refractivity contribution in [1.82, 2.24) is 9.55 Å². The minimum atomic E-state index is -1.08. The van der Waals surface area contributed by atoms with Gasteiger partial charge in [-0.25, -0.2) is 4.79 Å². The molecule has 6 nitrogen and oxygen atoms in total. The molecule has 4 rings (SSSR count). The maximum absolute atomic E-state index is 13.1. The number of aromatic carboxylic acids is 1. The van der Waals surface area contributed by atoms with E-state index in [1.807, 2.05) is 47.0 Å². The van der Waals surface area contributed by atoms with E-state index >= 15 is 0 Å². The molecule has 0 aliphatic heterocycles. The molecule has 0 fully saturated rings. The van der Waals surface area contributed by atoms with Gasteiger partial charge in [0.05, 0.1) is 29.1 Å². The number of carboxylic acids is 1. The van der Waals surface area contributed by atoms with E-state index in [9.17, 15) is 14.7 Å². The Kier molecular flexibility index (Phi) is 4.83. The lowest BCUT2D eigenvalue weighted by molar-refractivity contribution is 0.0698. The van der Waals surface area contributed by atoms with Crippen LogP contribution in [0, 0.1) is 6.92 Å². The van der Waals surface area contributed by atoms with Gasteiger partial charge >= 0.3 is 5.97 Å². The van der Waals surface area contributed by atoms with Crippen molar-refractivity contribution < 1.29 is 14.7 Å². The molecule has 2 heterocycles. The first-order valence-corrected chi connectivity index (χ1v) is 9.16. The summed E-state index contributed by atoms with van der Waals surface area (Å²) < 4.78 is 1.97. The van der Waals surface area contributed by atoms with E-state index in [1.165, 1.54) is 6.07 Å². The highest BCUT2D eigenvalue weighted by Crippen LogP contribution is 2.26. The van der Waals surface area contributed by atoms with Gasteiger partial charge in [0.2, 0.25) is 0 Å². The third-order valence-corrected chi connectivity index (χ3v) is 4.83. The van der Waals surface area contributed by atoms with Gasteiger partial charge in [-0.05, 0) is 36.8 Å². The lowest BCUT2D eigenvalue weighted by Gasteiger charge is -2.11. The number of pyridine rings is 1. The maximum Gasteiger partial charge on any atom is 0.337 e. The fraction of sp³-hybridized carbons (Fsp3) is 0.0870. The second-order valence-electron chi connectivity index (χ2n) is 6.77. The number of carbonyl (C=O) groups is 2. The first-order chi connectivity index (χ1) is 14.0. The zero-order valence-corrected chi connectivity index (χ0v) is 15.8. The number of fused-ring (bicyclic) bond motifs is 1. The lowest BCUT2D eigenvalue weighted by atomic mass is 10.1. The van der Waals surface area contributed by atoms with Crippen molar-refractivity contribution >= 4 is 28.5 Å². The summed E-state index contributed by atoms with van der Waals surface area (Å²) in [7, 11) is 0. The van der Waals surface area contributed by atoms with Gasteiger partial charge in [0.25, 0.3) is 5.91 Å². The van der Waals surface area contributed by atoms with Gasteiger partial charge in [-0.2, -0.15) is 0 Å². The van der Waals surface area contributed by atoms with Crippen molar-refractivity contribution in [3.63, 3.8) is 0 Å². The molecule has 0 radical (unpaired) electrons. The summed E-state index contributed by atoms with van der Waals surface area (Å²) in [6.07, 6.45) is 3.52. The van der Waals surface area contributed by atoms with Crippen LogP contribution in [0.5, 0.6) is 0 Å². The van der Waals surface area contributed by atoms with Crippen LogP contribution in [0.25, 0.3) is 10.9 Å². The lowest BCUT2D eigenvalue weighted by Crippen LogP contribution is -2.15. The van der Waals surface area contributed by atoms with Crippen molar-refractivity contribution in [2.45, 2.75) is 13.5 Å². The van der Waals surface area contributed by atoms with Crippen molar-refractivity contribution in [3.05, 3.63) is 95.4 Å². The molecule has 0 aliphatic carbocycles. The van der Waals surface area contributed by atoms with E-state index in [0.29, 0.717) is 23.4 Å². The number of aryl methyl sites for hydroxylation is 1. The average molecular weight is 385 g/mol. The molecule has 0 aliphatic rings. The number of carbonyl (C=O) groups excluding carboxylic acids is 1. The number of carboxylic acid groups (broad SMARTS) is 1. The Labute approximate surface area is 167 Å². The number of benzene rings is 2. The van der Waals surface area contributed by atoms with Crippen LogP contribution in [-0.4, -0.2) is 26.5 Å². The number of amides is 1. The first kappa shape index (κ1) is 18.4. The standard InChI is InChI=1S/C23H19N3O3/c1-15-7-6-10-18(23(28)29)21(15)25-22(27)19-14-26(13-16-8-4-5-12-24-16)20-11-3-2-9-17(19)20/h2-12,14H,13H2,1H3,(H,25,27)(H,28,29). The number of anilines is 1. The molecule has 0 spiro atoms. The molecular weight excluding hydrogens is 366 g/mol. The third-order valence-electron chi connectivity index (χ3n) is 4.83. The van der Waals surface area contributed by atoms with E-state index in [0.717, 1.165) is 16.6 Å². The number of aromatic nitrogens is 2. The molecule has 0 atom stereocenters. The summed E-state index contributed by atoms with van der Waals surface area (Å²) in [4.78, 5) is 29.0. The topological polar surface area (TPSA) is 84.2 Å². The van der Waals surface area contributed by atoms with Gasteiger partial charge in [-0.1, -0.05) is 36.4 Å². The monoisotopic (exact) mass is 385 g/mol. The smallest absolute Gasteiger partial charge is 0.337 e. The highest BCUT2D eigenvalue weighted by molar-refractivity contribution is 6.14. The number of nitrogens with zero attached hydrogens (tertiary/aromatic N) is 2. The third kappa shape index (κ3) is 3.60. The van der Waals surface area contributed by atoms with E-state index < -0.39 is 5.97 Å². The van der Waals surface area contributed by atoms with Crippen LogP contribution < -0.4 is 5.32 Å². The Bertz CT molecular complexity index is 1210. The fourth-order valence-corrected chi connectivity index (χ4v) is 3.42. The van der Waals surface area contributed by atoms with Crippen molar-refractivity contribution in [2.24, 2.45) is 0 Å². The second kappa shape index (κ2) is 7.59. The van der Waals surface area contributed by atoms with Gasteiger partial charge in [0.1, 0.15) is 0 Å². The maximum atomic E-state index is 13.1. The van der Waals surface area contributed by atoms with Crippen molar-refractivity contribution in [1.29, 1.82) is 0 Å². The molecule has 0 unspecified atom stereocenters. The number of para-hydroxylation sites is 2. The summed E-state index contributed by atoms with van der Waals surface area (Å²) in [5, 5.41) is 13.0. The summed E-state index contributed by atoms with van der Waals surface area (Å²) in [5.74, 6) is -1.43. The molecule has 4 aromatic rings. The van der Waals surface area contributed by atoms with Crippen LogP contribution in [0.15, 0.2) is 73.1 Å². The fourth-order valence-electron chi connectivity index (χ4n) is 3.42. The molecule has 1 amide bonds. The van der Waals surface area contributed by atoms with Crippen LogP contribution in [0.2, 0.25) is 0 Å². The van der Waals surface area contributed by atoms with Gasteiger partial charge in [-0.15, -0.1) is 0 Å². The number of rotatable bonds is 5. The van der Waals surface area contributed by atoms with Crippen LogP contribution in [0.4, 0.5) is 5.69 Å². The number of hydrogen-bond donors (Lipinski definition) is 2. The van der Waals surface area contributed by atoms with E-state index in [2.05, 4.69) is 10.3 Å². The van der Waals surface area contributed by atoms with Gasteiger partial charge in [0.15, 0.2) is 0 Å². The predicted molar refractivity (Wildman–Crippen MR) is 111 cm³/mol. The van der Waals surface area contributed by atoms with Crippen molar-refractivity contribution in [2.75, 3.05) is 5.32 Å². The average Bonchev–Trinajstić information content (AvgIpc) is 3.09. The molecule has 0 bridgehead atoms. The molecule has 6 heteroatoms. The van der Waals surface area contributed by atoms with E-state index in [-0.39, 0.29) is 11.5 Å². The number of hydrogen-bond acceptors (Lipinski definition) is 3. The quantitative estimate of drug-likeness (QED) is 0.535. The summed E-state index contributed by atoms with van der Waals surface area (Å²) in [6.45, 7) is 2.30. The molecule has 2 N–H and O–H groups in total. The largest absolute Gasteiger partial charge is 0.478 e. The Morgan fingerprint density at radius 3 is 2.55 bits per heavy atom. The van der Waals surface area contributed by atoms with Crippen LogP contribution in [0.3, 0.4) is 0 Å². The second-order valence-corrected chi connectivity index (χ2v) is 6.77. The minimum Gasteiger partial charge on any atom is -0.478 e. The van der Waals surface area contributed by atoms with Gasteiger partial charge in [0, 0.05) is 23.3 Å². The van der Waals surface area contributed by atoms with Crippen LogP contribution in [0.1, 0.15) is 32.0 Å². The molecule has 144 valence electrons. The molecule has 29 heavy (non-hydrogen) atoms. The molecule has 2 aromatic carbocycles. The highest BCUT2D eigenvalue weighted by atomic mass is 16.4. The SMILES string of the molecule is Cc1cccc(C(=O)O)c1NC(=O)c1cn(Cc2ccccn2)c2ccccc12. The minimum absolute atomic E-state index is 0.0653.